The molecule has 104 valence electrons. The molecule has 0 spiro atoms. The molecule has 2 rings (SSSR count). The summed E-state index contributed by atoms with van der Waals surface area (Å²) in [5, 5.41) is 0. The summed E-state index contributed by atoms with van der Waals surface area (Å²) < 4.78 is 0. The van der Waals surface area contributed by atoms with Crippen LogP contribution in [0.15, 0.2) is 24.3 Å². The highest BCUT2D eigenvalue weighted by Gasteiger charge is 2.22. The predicted molar refractivity (Wildman–Crippen MR) is 77.9 cm³/mol. The highest BCUT2D eigenvalue weighted by molar-refractivity contribution is 5.81. The zero-order valence-corrected chi connectivity index (χ0v) is 11.8. The second kappa shape index (κ2) is 6.71. The van der Waals surface area contributed by atoms with E-state index in [9.17, 15) is 4.79 Å². The number of unbranched alkanes of at least 4 members (excludes halogenated alkanes) is 1. The van der Waals surface area contributed by atoms with Crippen LogP contribution in [0.4, 0.5) is 0 Å². The van der Waals surface area contributed by atoms with Crippen molar-refractivity contribution < 1.29 is 4.79 Å². The van der Waals surface area contributed by atoms with Crippen molar-refractivity contribution in [2.75, 3.05) is 13.1 Å². The minimum atomic E-state index is -0.318. The number of hydrogen-bond donors (Lipinski definition) is 1. The monoisotopic (exact) mass is 260 g/mol. The fraction of sp³-hybridized carbons (Fsp3) is 0.562. The van der Waals surface area contributed by atoms with Gasteiger partial charge in [-0.05, 0) is 30.4 Å². The van der Waals surface area contributed by atoms with Gasteiger partial charge >= 0.3 is 0 Å². The Morgan fingerprint density at radius 2 is 1.84 bits per heavy atom. The number of hydrogen-bond acceptors (Lipinski definition) is 2. The van der Waals surface area contributed by atoms with Crippen LogP contribution in [0, 0.1) is 0 Å². The lowest BCUT2D eigenvalue weighted by Gasteiger charge is -2.24. The second-order valence-electron chi connectivity index (χ2n) is 5.34. The molecule has 0 unspecified atom stereocenters. The first kappa shape index (κ1) is 14.1. The van der Waals surface area contributed by atoms with E-state index < -0.39 is 0 Å². The largest absolute Gasteiger partial charge is 0.341 e. The number of nitrogens with two attached hydrogens (primary N) is 1. The molecule has 3 heteroatoms. The third-order valence-electron chi connectivity index (χ3n) is 3.92. The molecule has 0 radical (unpaired) electrons. The number of rotatable bonds is 4. The third kappa shape index (κ3) is 3.57. The maximum Gasteiger partial charge on any atom is 0.239 e. The maximum absolute atomic E-state index is 12.3. The molecule has 0 saturated carbocycles. The van der Waals surface area contributed by atoms with Crippen LogP contribution in [0.25, 0.3) is 0 Å². The van der Waals surface area contributed by atoms with Gasteiger partial charge in [0.25, 0.3) is 0 Å². The fourth-order valence-corrected chi connectivity index (χ4v) is 2.67. The Morgan fingerprint density at radius 3 is 2.37 bits per heavy atom. The van der Waals surface area contributed by atoms with Crippen LogP contribution in [-0.4, -0.2) is 29.9 Å². The van der Waals surface area contributed by atoms with Crippen LogP contribution in [0.2, 0.25) is 0 Å². The molecule has 0 aromatic heterocycles. The standard InChI is InChI=1S/C16H24N2O/c1-2-3-8-15(17)16(19)18-11-9-13-6-4-5-7-14(13)10-12-18/h4-7,15H,2-3,8-12,17H2,1H3/t15-/m0/s1. The number of carbonyl (C=O) groups excluding carboxylic acids is 1. The fourth-order valence-electron chi connectivity index (χ4n) is 2.67. The van der Waals surface area contributed by atoms with Gasteiger partial charge < -0.3 is 10.6 Å². The lowest BCUT2D eigenvalue weighted by molar-refractivity contribution is -0.132. The van der Waals surface area contributed by atoms with E-state index in [4.69, 9.17) is 5.73 Å². The highest BCUT2D eigenvalue weighted by Crippen LogP contribution is 2.16. The number of amides is 1. The smallest absolute Gasteiger partial charge is 0.239 e. The first-order chi connectivity index (χ1) is 9.22. The molecule has 1 atom stereocenters. The summed E-state index contributed by atoms with van der Waals surface area (Å²) in [5.74, 6) is 0.126. The lowest BCUT2D eigenvalue weighted by atomic mass is 10.0. The number of nitrogens with zero attached hydrogens (tertiary/aromatic N) is 1. The van der Waals surface area contributed by atoms with Crippen molar-refractivity contribution in [3.63, 3.8) is 0 Å². The van der Waals surface area contributed by atoms with Crippen molar-refractivity contribution in [2.24, 2.45) is 5.73 Å². The summed E-state index contributed by atoms with van der Waals surface area (Å²) in [7, 11) is 0. The van der Waals surface area contributed by atoms with Crippen molar-refractivity contribution in [1.29, 1.82) is 0 Å². The minimum Gasteiger partial charge on any atom is -0.341 e. The topological polar surface area (TPSA) is 46.3 Å². The van der Waals surface area contributed by atoms with Gasteiger partial charge in [0.2, 0.25) is 5.91 Å². The van der Waals surface area contributed by atoms with E-state index in [1.54, 1.807) is 0 Å². The van der Waals surface area contributed by atoms with Gasteiger partial charge in [-0.3, -0.25) is 4.79 Å². The Labute approximate surface area is 115 Å². The van der Waals surface area contributed by atoms with Gasteiger partial charge in [-0.1, -0.05) is 44.0 Å². The Balaban J connectivity index is 1.95. The van der Waals surface area contributed by atoms with Gasteiger partial charge in [-0.15, -0.1) is 0 Å². The van der Waals surface area contributed by atoms with Gasteiger partial charge in [0.15, 0.2) is 0 Å². The summed E-state index contributed by atoms with van der Waals surface area (Å²) in [5.41, 5.74) is 8.75. The molecular formula is C16H24N2O. The van der Waals surface area contributed by atoms with Crippen molar-refractivity contribution in [3.05, 3.63) is 35.4 Å². The molecule has 1 aromatic carbocycles. The third-order valence-corrected chi connectivity index (χ3v) is 3.92. The van der Waals surface area contributed by atoms with E-state index in [1.165, 1.54) is 11.1 Å². The zero-order chi connectivity index (χ0) is 13.7. The van der Waals surface area contributed by atoms with Crippen molar-refractivity contribution in [1.82, 2.24) is 4.90 Å². The molecule has 0 aliphatic carbocycles. The quantitative estimate of drug-likeness (QED) is 0.901. The first-order valence-electron chi connectivity index (χ1n) is 7.33. The lowest BCUT2D eigenvalue weighted by Crippen LogP contribution is -2.44. The van der Waals surface area contributed by atoms with Crippen molar-refractivity contribution >= 4 is 5.91 Å². The van der Waals surface area contributed by atoms with E-state index in [0.717, 1.165) is 45.2 Å². The Bertz CT molecular complexity index is 404. The molecule has 2 N–H and O–H groups in total. The molecule has 0 fully saturated rings. The molecular weight excluding hydrogens is 236 g/mol. The van der Waals surface area contributed by atoms with Crippen LogP contribution in [-0.2, 0) is 17.6 Å². The van der Waals surface area contributed by atoms with E-state index >= 15 is 0 Å². The maximum atomic E-state index is 12.3. The first-order valence-corrected chi connectivity index (χ1v) is 7.33. The SMILES string of the molecule is CCCC[C@H](N)C(=O)N1CCc2ccccc2CC1. The Morgan fingerprint density at radius 1 is 1.26 bits per heavy atom. The molecule has 1 heterocycles. The molecule has 19 heavy (non-hydrogen) atoms. The molecule has 3 nitrogen and oxygen atoms in total. The number of fused-ring (bicyclic) bond motifs is 1. The van der Waals surface area contributed by atoms with Crippen LogP contribution in [0.3, 0.4) is 0 Å². The van der Waals surface area contributed by atoms with Gasteiger partial charge in [0.05, 0.1) is 6.04 Å². The molecule has 0 saturated heterocycles. The average molecular weight is 260 g/mol. The molecule has 0 bridgehead atoms. The molecule has 1 aliphatic heterocycles. The van der Waals surface area contributed by atoms with Gasteiger partial charge in [-0.25, -0.2) is 0 Å². The summed E-state index contributed by atoms with van der Waals surface area (Å²) in [4.78, 5) is 14.3. The second-order valence-corrected chi connectivity index (χ2v) is 5.34. The summed E-state index contributed by atoms with van der Waals surface area (Å²) >= 11 is 0. The van der Waals surface area contributed by atoms with Crippen molar-refractivity contribution in [2.45, 2.75) is 45.1 Å². The zero-order valence-electron chi connectivity index (χ0n) is 11.8. The van der Waals surface area contributed by atoms with Crippen LogP contribution in [0.5, 0.6) is 0 Å². The summed E-state index contributed by atoms with van der Waals surface area (Å²) in [6.45, 7) is 3.73. The number of benzene rings is 1. The van der Waals surface area contributed by atoms with E-state index in [0.29, 0.717) is 0 Å². The van der Waals surface area contributed by atoms with Gasteiger partial charge in [0, 0.05) is 13.1 Å². The molecule has 1 aliphatic rings. The van der Waals surface area contributed by atoms with Crippen LogP contribution < -0.4 is 5.73 Å². The van der Waals surface area contributed by atoms with E-state index in [2.05, 4.69) is 31.2 Å². The highest BCUT2D eigenvalue weighted by atomic mass is 16.2. The Kier molecular flexibility index (Phi) is 4.97. The average Bonchev–Trinajstić information content (AvgIpc) is 2.66. The predicted octanol–water partition coefficient (Wildman–Crippen LogP) is 2.13. The van der Waals surface area contributed by atoms with Gasteiger partial charge in [-0.2, -0.15) is 0 Å². The minimum absolute atomic E-state index is 0.126. The van der Waals surface area contributed by atoms with E-state index in [-0.39, 0.29) is 11.9 Å². The van der Waals surface area contributed by atoms with Crippen LogP contribution >= 0.6 is 0 Å². The molecule has 1 amide bonds. The van der Waals surface area contributed by atoms with Crippen LogP contribution in [0.1, 0.15) is 37.3 Å². The van der Waals surface area contributed by atoms with E-state index in [1.807, 2.05) is 4.90 Å². The summed E-state index contributed by atoms with van der Waals surface area (Å²) in [6.07, 6.45) is 4.82. The van der Waals surface area contributed by atoms with Gasteiger partial charge in [0.1, 0.15) is 0 Å². The Hall–Kier alpha value is -1.35. The van der Waals surface area contributed by atoms with Crippen molar-refractivity contribution in [3.8, 4) is 0 Å². The number of carbonyl (C=O) groups is 1. The molecule has 1 aromatic rings. The normalized spacial score (nSPS) is 16.6. The summed E-state index contributed by atoms with van der Waals surface area (Å²) in [6, 6.07) is 8.16.